The summed E-state index contributed by atoms with van der Waals surface area (Å²) in [6.45, 7) is 1.60. The first-order chi connectivity index (χ1) is 11.9. The Bertz CT molecular complexity index is 839. The molecule has 0 saturated carbocycles. The van der Waals surface area contributed by atoms with E-state index in [4.69, 9.17) is 11.6 Å². The number of carbonyl (C=O) groups excluding carboxylic acids is 1. The van der Waals surface area contributed by atoms with Crippen LogP contribution in [0.5, 0.6) is 0 Å². The monoisotopic (exact) mass is 377 g/mol. The number of halogens is 1. The summed E-state index contributed by atoms with van der Waals surface area (Å²) in [7, 11) is -3.29. The van der Waals surface area contributed by atoms with Gasteiger partial charge in [0, 0.05) is 23.7 Å². The minimum atomic E-state index is -3.29. The van der Waals surface area contributed by atoms with Gasteiger partial charge >= 0.3 is 0 Å². The average molecular weight is 378 g/mol. The molecule has 0 spiro atoms. The third kappa shape index (κ3) is 4.83. The van der Waals surface area contributed by atoms with Crippen LogP contribution in [-0.2, 0) is 21.3 Å². The van der Waals surface area contributed by atoms with Crippen LogP contribution >= 0.6 is 11.6 Å². The van der Waals surface area contributed by atoms with E-state index in [0.29, 0.717) is 21.7 Å². The molecule has 2 aromatic rings. The molecule has 0 unspecified atom stereocenters. The van der Waals surface area contributed by atoms with E-state index in [-0.39, 0.29) is 17.4 Å². The average Bonchev–Trinajstić information content (AvgIpc) is 3.11. The van der Waals surface area contributed by atoms with Crippen LogP contribution in [0.15, 0.2) is 48.5 Å². The van der Waals surface area contributed by atoms with Crippen LogP contribution in [0.25, 0.3) is 0 Å². The second kappa shape index (κ2) is 7.58. The molecular formula is C19H20ClNO3S. The van der Waals surface area contributed by atoms with Crippen LogP contribution in [0.3, 0.4) is 0 Å². The van der Waals surface area contributed by atoms with E-state index in [2.05, 4.69) is 0 Å². The van der Waals surface area contributed by atoms with Crippen molar-refractivity contribution in [3.05, 3.63) is 70.2 Å². The summed E-state index contributed by atoms with van der Waals surface area (Å²) < 4.78 is 24.7. The number of amides is 1. The molecule has 0 atom stereocenters. The Morgan fingerprint density at radius 2 is 1.36 bits per heavy atom. The van der Waals surface area contributed by atoms with Crippen molar-refractivity contribution in [2.45, 2.75) is 24.3 Å². The molecule has 25 heavy (non-hydrogen) atoms. The van der Waals surface area contributed by atoms with Crippen LogP contribution in [0.4, 0.5) is 0 Å². The molecule has 3 rings (SSSR count). The first kappa shape index (κ1) is 18.0. The number of sulfone groups is 1. The highest BCUT2D eigenvalue weighted by atomic mass is 35.5. The minimum absolute atomic E-state index is 0.0214. The molecule has 1 saturated heterocycles. The molecule has 6 heteroatoms. The van der Waals surface area contributed by atoms with E-state index in [1.807, 2.05) is 4.90 Å². The van der Waals surface area contributed by atoms with Gasteiger partial charge in [0.15, 0.2) is 9.84 Å². The van der Waals surface area contributed by atoms with Gasteiger partial charge in [-0.2, -0.15) is 0 Å². The molecule has 1 aliphatic rings. The van der Waals surface area contributed by atoms with Crippen molar-refractivity contribution < 1.29 is 13.2 Å². The van der Waals surface area contributed by atoms with E-state index in [0.717, 1.165) is 25.9 Å². The molecule has 0 radical (unpaired) electrons. The number of rotatable bonds is 5. The van der Waals surface area contributed by atoms with Gasteiger partial charge < -0.3 is 4.90 Å². The molecule has 0 aliphatic carbocycles. The minimum Gasteiger partial charge on any atom is -0.339 e. The maximum Gasteiger partial charge on any atom is 0.253 e. The van der Waals surface area contributed by atoms with Crippen LogP contribution in [-0.4, -0.2) is 32.3 Å². The Labute approximate surface area is 153 Å². The lowest BCUT2D eigenvalue weighted by molar-refractivity contribution is 0.0793. The van der Waals surface area contributed by atoms with Crippen molar-refractivity contribution in [2.24, 2.45) is 0 Å². The lowest BCUT2D eigenvalue weighted by Crippen LogP contribution is -2.27. The smallest absolute Gasteiger partial charge is 0.253 e. The van der Waals surface area contributed by atoms with Crippen molar-refractivity contribution in [3.8, 4) is 0 Å². The summed E-state index contributed by atoms with van der Waals surface area (Å²) >= 11 is 5.82. The zero-order valence-electron chi connectivity index (χ0n) is 13.8. The molecule has 2 aromatic carbocycles. The third-order valence-corrected chi connectivity index (χ3v) is 6.08. The summed E-state index contributed by atoms with van der Waals surface area (Å²) in [4.78, 5) is 14.1. The predicted molar refractivity (Wildman–Crippen MR) is 99.4 cm³/mol. The molecule has 0 bridgehead atoms. The van der Waals surface area contributed by atoms with Crippen LogP contribution in [0.1, 0.15) is 34.3 Å². The Morgan fingerprint density at radius 3 is 1.88 bits per heavy atom. The Hall–Kier alpha value is -1.85. The first-order valence-electron chi connectivity index (χ1n) is 8.26. The van der Waals surface area contributed by atoms with Gasteiger partial charge in [-0.15, -0.1) is 0 Å². The third-order valence-electron chi connectivity index (χ3n) is 4.28. The van der Waals surface area contributed by atoms with Crippen molar-refractivity contribution >= 4 is 27.3 Å². The van der Waals surface area contributed by atoms with Gasteiger partial charge in [0.25, 0.3) is 5.91 Å². The van der Waals surface area contributed by atoms with Gasteiger partial charge in [0.1, 0.15) is 0 Å². The fourth-order valence-electron chi connectivity index (χ4n) is 2.99. The van der Waals surface area contributed by atoms with Gasteiger partial charge in [-0.25, -0.2) is 8.42 Å². The van der Waals surface area contributed by atoms with Gasteiger partial charge in [-0.1, -0.05) is 35.9 Å². The largest absolute Gasteiger partial charge is 0.339 e. The topological polar surface area (TPSA) is 54.5 Å². The number of hydrogen-bond acceptors (Lipinski definition) is 3. The molecule has 1 amide bonds. The number of likely N-dealkylation sites (tertiary alicyclic amines) is 1. The SMILES string of the molecule is O=C(c1ccc(CS(=O)(=O)Cc2ccc(Cl)cc2)cc1)N1CCCC1. The van der Waals surface area contributed by atoms with Gasteiger partial charge in [-0.3, -0.25) is 4.79 Å². The zero-order chi connectivity index (χ0) is 17.9. The van der Waals surface area contributed by atoms with E-state index >= 15 is 0 Å². The van der Waals surface area contributed by atoms with E-state index in [1.54, 1.807) is 48.5 Å². The highest BCUT2D eigenvalue weighted by Crippen LogP contribution is 2.17. The summed E-state index contributed by atoms with van der Waals surface area (Å²) in [5, 5.41) is 0.583. The van der Waals surface area contributed by atoms with Crippen molar-refractivity contribution in [2.75, 3.05) is 13.1 Å². The number of nitrogens with zero attached hydrogens (tertiary/aromatic N) is 1. The van der Waals surface area contributed by atoms with Gasteiger partial charge in [0.05, 0.1) is 11.5 Å². The summed E-state index contributed by atoms with van der Waals surface area (Å²) in [5.41, 5.74) is 2.01. The predicted octanol–water partition coefficient (Wildman–Crippen LogP) is 3.69. The van der Waals surface area contributed by atoms with Crippen LogP contribution < -0.4 is 0 Å². The normalized spacial score (nSPS) is 14.7. The summed E-state index contributed by atoms with van der Waals surface area (Å²) in [6, 6.07) is 13.7. The van der Waals surface area contributed by atoms with E-state index in [1.165, 1.54) is 0 Å². The molecule has 1 fully saturated rings. The van der Waals surface area contributed by atoms with Crippen molar-refractivity contribution in [1.29, 1.82) is 0 Å². The Balaban J connectivity index is 1.65. The summed E-state index contributed by atoms with van der Waals surface area (Å²) in [6.07, 6.45) is 2.10. The number of carbonyl (C=O) groups is 1. The van der Waals surface area contributed by atoms with Gasteiger partial charge in [-0.05, 0) is 48.2 Å². The van der Waals surface area contributed by atoms with E-state index < -0.39 is 9.84 Å². The highest BCUT2D eigenvalue weighted by molar-refractivity contribution is 7.89. The lowest BCUT2D eigenvalue weighted by atomic mass is 10.1. The second-order valence-corrected chi connectivity index (χ2v) is 8.86. The molecule has 0 aromatic heterocycles. The number of benzene rings is 2. The quantitative estimate of drug-likeness (QED) is 0.798. The fourth-order valence-corrected chi connectivity index (χ4v) is 4.61. The number of hydrogen-bond donors (Lipinski definition) is 0. The fraction of sp³-hybridized carbons (Fsp3) is 0.316. The molecule has 1 aliphatic heterocycles. The Kier molecular flexibility index (Phi) is 5.45. The standard InChI is InChI=1S/C19H20ClNO3S/c20-18-9-5-16(6-10-18)14-25(23,24)13-15-3-7-17(8-4-15)19(22)21-11-1-2-12-21/h3-10H,1-2,11-14H2. The second-order valence-electron chi connectivity index (χ2n) is 6.35. The maximum atomic E-state index is 12.4. The van der Waals surface area contributed by atoms with Crippen molar-refractivity contribution in [1.82, 2.24) is 4.90 Å². The molecule has 132 valence electrons. The molecule has 4 nitrogen and oxygen atoms in total. The summed E-state index contributed by atoms with van der Waals surface area (Å²) in [5.74, 6) is -0.0556. The van der Waals surface area contributed by atoms with Crippen LogP contribution in [0, 0.1) is 0 Å². The van der Waals surface area contributed by atoms with Crippen molar-refractivity contribution in [3.63, 3.8) is 0 Å². The molecule has 1 heterocycles. The molecule has 0 N–H and O–H groups in total. The Morgan fingerprint density at radius 1 is 0.880 bits per heavy atom. The first-order valence-corrected chi connectivity index (χ1v) is 10.5. The highest BCUT2D eigenvalue weighted by Gasteiger charge is 2.19. The molecular weight excluding hydrogens is 358 g/mol. The zero-order valence-corrected chi connectivity index (χ0v) is 15.4. The van der Waals surface area contributed by atoms with E-state index in [9.17, 15) is 13.2 Å². The van der Waals surface area contributed by atoms with Gasteiger partial charge in [0.2, 0.25) is 0 Å². The lowest BCUT2D eigenvalue weighted by Gasteiger charge is -2.15. The maximum absolute atomic E-state index is 12.4. The van der Waals surface area contributed by atoms with Crippen LogP contribution in [0.2, 0.25) is 5.02 Å².